The van der Waals surface area contributed by atoms with Gasteiger partial charge in [0.15, 0.2) is 0 Å². The predicted molar refractivity (Wildman–Crippen MR) is 76.3 cm³/mol. The molecule has 0 aliphatic rings. The Kier molecular flexibility index (Phi) is 5.61. The molecule has 0 aromatic heterocycles. The standard InChI is InChI=1S/C12H17N5O4/c1-15-9-4-8(2-3-10(9)17(20)21)5-16(6-11(13)18)7-12(14)19/h2-4,15H,5-7H2,1H3,(H2,13,18)(H2,14,19). The molecule has 9 nitrogen and oxygen atoms in total. The SMILES string of the molecule is CNc1cc(CN(CC(N)=O)CC(N)=O)ccc1[N+](=O)[O-]. The molecule has 21 heavy (non-hydrogen) atoms. The van der Waals surface area contributed by atoms with Gasteiger partial charge in [-0.15, -0.1) is 0 Å². The Morgan fingerprint density at radius 3 is 2.29 bits per heavy atom. The van der Waals surface area contributed by atoms with Crippen molar-refractivity contribution in [3.8, 4) is 0 Å². The number of nitro groups is 1. The van der Waals surface area contributed by atoms with Crippen LogP contribution in [0, 0.1) is 10.1 Å². The fourth-order valence-electron chi connectivity index (χ4n) is 1.91. The zero-order chi connectivity index (χ0) is 16.0. The first-order chi connectivity index (χ1) is 9.83. The smallest absolute Gasteiger partial charge is 0.292 e. The minimum Gasteiger partial charge on any atom is -0.383 e. The first-order valence-corrected chi connectivity index (χ1v) is 6.07. The average Bonchev–Trinajstić information content (AvgIpc) is 2.36. The van der Waals surface area contributed by atoms with Crippen LogP contribution in [0.25, 0.3) is 0 Å². The van der Waals surface area contributed by atoms with Crippen molar-refractivity contribution >= 4 is 23.2 Å². The normalized spacial score (nSPS) is 10.4. The van der Waals surface area contributed by atoms with Gasteiger partial charge in [0.2, 0.25) is 11.8 Å². The van der Waals surface area contributed by atoms with E-state index in [4.69, 9.17) is 11.5 Å². The summed E-state index contributed by atoms with van der Waals surface area (Å²) in [6.07, 6.45) is 0. The number of nitrogens with one attached hydrogen (secondary N) is 1. The number of nitro benzene ring substituents is 1. The van der Waals surface area contributed by atoms with Gasteiger partial charge in [-0.05, 0) is 11.6 Å². The lowest BCUT2D eigenvalue weighted by Gasteiger charge is -2.19. The second kappa shape index (κ2) is 7.20. The summed E-state index contributed by atoms with van der Waals surface area (Å²) < 4.78 is 0. The number of anilines is 1. The van der Waals surface area contributed by atoms with E-state index in [1.54, 1.807) is 19.2 Å². The molecule has 0 fully saturated rings. The molecule has 0 saturated carbocycles. The fourth-order valence-corrected chi connectivity index (χ4v) is 1.91. The molecule has 0 unspecified atom stereocenters. The van der Waals surface area contributed by atoms with Gasteiger partial charge in [-0.1, -0.05) is 6.07 Å². The molecule has 0 bridgehead atoms. The predicted octanol–water partition coefficient (Wildman–Crippen LogP) is -0.591. The van der Waals surface area contributed by atoms with Gasteiger partial charge in [-0.3, -0.25) is 24.6 Å². The Morgan fingerprint density at radius 2 is 1.86 bits per heavy atom. The van der Waals surface area contributed by atoms with Crippen LogP contribution in [0.3, 0.4) is 0 Å². The molecular weight excluding hydrogens is 278 g/mol. The van der Waals surface area contributed by atoms with Gasteiger partial charge in [-0.2, -0.15) is 0 Å². The Morgan fingerprint density at radius 1 is 1.29 bits per heavy atom. The van der Waals surface area contributed by atoms with Crippen LogP contribution >= 0.6 is 0 Å². The fraction of sp³-hybridized carbons (Fsp3) is 0.333. The lowest BCUT2D eigenvalue weighted by Crippen LogP contribution is -2.39. The van der Waals surface area contributed by atoms with E-state index in [0.29, 0.717) is 11.3 Å². The van der Waals surface area contributed by atoms with Crippen LogP contribution in [0.1, 0.15) is 5.56 Å². The third kappa shape index (κ3) is 5.07. The van der Waals surface area contributed by atoms with Crippen LogP contribution in [0.15, 0.2) is 18.2 Å². The zero-order valence-electron chi connectivity index (χ0n) is 11.5. The summed E-state index contributed by atoms with van der Waals surface area (Å²) >= 11 is 0. The largest absolute Gasteiger partial charge is 0.383 e. The molecule has 1 aromatic rings. The minimum atomic E-state index is -0.591. The van der Waals surface area contributed by atoms with Crippen molar-refractivity contribution in [2.75, 3.05) is 25.5 Å². The van der Waals surface area contributed by atoms with E-state index >= 15 is 0 Å². The van der Waals surface area contributed by atoms with Crippen molar-refractivity contribution in [2.45, 2.75) is 6.54 Å². The lowest BCUT2D eigenvalue weighted by molar-refractivity contribution is -0.384. The molecule has 0 atom stereocenters. The Balaban J connectivity index is 2.95. The van der Waals surface area contributed by atoms with E-state index in [2.05, 4.69) is 5.32 Å². The number of amides is 2. The highest BCUT2D eigenvalue weighted by Crippen LogP contribution is 2.25. The Hall–Kier alpha value is -2.68. The number of benzene rings is 1. The summed E-state index contributed by atoms with van der Waals surface area (Å²) in [5, 5.41) is 13.6. The molecule has 1 rings (SSSR count). The van der Waals surface area contributed by atoms with Crippen molar-refractivity contribution in [3.63, 3.8) is 0 Å². The maximum absolute atomic E-state index is 11.0. The minimum absolute atomic E-state index is 0.0578. The number of rotatable bonds is 8. The van der Waals surface area contributed by atoms with Crippen LogP contribution < -0.4 is 16.8 Å². The quantitative estimate of drug-likeness (QED) is 0.431. The van der Waals surface area contributed by atoms with Crippen molar-refractivity contribution < 1.29 is 14.5 Å². The average molecular weight is 295 g/mol. The molecule has 2 amide bonds. The maximum Gasteiger partial charge on any atom is 0.292 e. The van der Waals surface area contributed by atoms with Gasteiger partial charge in [0, 0.05) is 19.7 Å². The van der Waals surface area contributed by atoms with E-state index in [1.165, 1.54) is 11.0 Å². The second-order valence-electron chi connectivity index (χ2n) is 4.44. The van der Waals surface area contributed by atoms with Gasteiger partial charge in [0.1, 0.15) is 5.69 Å². The molecule has 114 valence electrons. The summed E-state index contributed by atoms with van der Waals surface area (Å²) in [4.78, 5) is 33.8. The van der Waals surface area contributed by atoms with Crippen LogP contribution in [0.4, 0.5) is 11.4 Å². The maximum atomic E-state index is 11.0. The molecule has 0 aliphatic carbocycles. The van der Waals surface area contributed by atoms with Crippen LogP contribution in [0.5, 0.6) is 0 Å². The molecule has 0 heterocycles. The number of nitrogens with two attached hydrogens (primary N) is 2. The molecule has 1 aromatic carbocycles. The van der Waals surface area contributed by atoms with Crippen LogP contribution in [0.2, 0.25) is 0 Å². The number of hydrogen-bond donors (Lipinski definition) is 3. The third-order valence-corrected chi connectivity index (χ3v) is 2.69. The highest BCUT2D eigenvalue weighted by Gasteiger charge is 2.16. The van der Waals surface area contributed by atoms with Crippen molar-refractivity contribution in [3.05, 3.63) is 33.9 Å². The van der Waals surface area contributed by atoms with Crippen molar-refractivity contribution in [2.24, 2.45) is 11.5 Å². The Labute approximate surface area is 121 Å². The highest BCUT2D eigenvalue weighted by atomic mass is 16.6. The Bertz CT molecular complexity index is 545. The second-order valence-corrected chi connectivity index (χ2v) is 4.44. The molecule has 0 aliphatic heterocycles. The van der Waals surface area contributed by atoms with Gasteiger partial charge in [0.05, 0.1) is 18.0 Å². The molecule has 9 heteroatoms. The van der Waals surface area contributed by atoms with Crippen LogP contribution in [-0.2, 0) is 16.1 Å². The number of nitrogens with zero attached hydrogens (tertiary/aromatic N) is 2. The van der Waals surface area contributed by atoms with Gasteiger partial charge in [-0.25, -0.2) is 0 Å². The van der Waals surface area contributed by atoms with Gasteiger partial charge >= 0.3 is 0 Å². The summed E-state index contributed by atoms with van der Waals surface area (Å²) in [6, 6.07) is 4.48. The van der Waals surface area contributed by atoms with E-state index in [9.17, 15) is 19.7 Å². The molecule has 5 N–H and O–H groups in total. The number of carbonyl (C=O) groups excluding carboxylic acids is 2. The third-order valence-electron chi connectivity index (χ3n) is 2.69. The van der Waals surface area contributed by atoms with Crippen molar-refractivity contribution in [1.82, 2.24) is 4.90 Å². The highest BCUT2D eigenvalue weighted by molar-refractivity contribution is 5.79. The van der Waals surface area contributed by atoms with E-state index in [0.717, 1.165) is 0 Å². The molecule has 0 spiro atoms. The first-order valence-electron chi connectivity index (χ1n) is 6.07. The molecule has 0 saturated heterocycles. The summed E-state index contributed by atoms with van der Waals surface area (Å²) in [6.45, 7) is -0.0395. The van der Waals surface area contributed by atoms with Gasteiger partial charge in [0.25, 0.3) is 5.69 Å². The van der Waals surface area contributed by atoms with Crippen molar-refractivity contribution in [1.29, 1.82) is 0 Å². The lowest BCUT2D eigenvalue weighted by atomic mass is 10.1. The first kappa shape index (κ1) is 16.4. The summed E-state index contributed by atoms with van der Waals surface area (Å²) in [5.41, 5.74) is 11.2. The number of carbonyl (C=O) groups is 2. The van der Waals surface area contributed by atoms with E-state index < -0.39 is 16.7 Å². The zero-order valence-corrected chi connectivity index (χ0v) is 11.5. The number of hydrogen-bond acceptors (Lipinski definition) is 6. The topological polar surface area (TPSA) is 145 Å². The molecule has 0 radical (unpaired) electrons. The number of primary amides is 2. The van der Waals surface area contributed by atoms with E-state index in [1.807, 2.05) is 0 Å². The van der Waals surface area contributed by atoms with Gasteiger partial charge < -0.3 is 16.8 Å². The summed E-state index contributed by atoms with van der Waals surface area (Å²) in [5.74, 6) is -1.18. The molecular formula is C12H17N5O4. The summed E-state index contributed by atoms with van der Waals surface area (Å²) in [7, 11) is 1.57. The van der Waals surface area contributed by atoms with Crippen LogP contribution in [-0.4, -0.2) is 41.8 Å². The monoisotopic (exact) mass is 295 g/mol. The van der Waals surface area contributed by atoms with E-state index in [-0.39, 0.29) is 25.3 Å².